The Morgan fingerprint density at radius 2 is 1.88 bits per heavy atom. The summed E-state index contributed by atoms with van der Waals surface area (Å²) >= 11 is 6.29. The van der Waals surface area contributed by atoms with Crippen LogP contribution in [-0.2, 0) is 0 Å². The summed E-state index contributed by atoms with van der Waals surface area (Å²) in [4.78, 5) is 14.9. The highest BCUT2D eigenvalue weighted by Crippen LogP contribution is 2.41. The summed E-state index contributed by atoms with van der Waals surface area (Å²) in [6.07, 6.45) is 8.11. The summed E-state index contributed by atoms with van der Waals surface area (Å²) < 4.78 is 1.68. The molecule has 1 aliphatic carbocycles. The van der Waals surface area contributed by atoms with Crippen molar-refractivity contribution in [3.8, 4) is 5.69 Å². The van der Waals surface area contributed by atoms with Gasteiger partial charge in [-0.15, -0.1) is 0 Å². The Morgan fingerprint density at radius 3 is 2.60 bits per heavy atom. The zero-order chi connectivity index (χ0) is 17.4. The van der Waals surface area contributed by atoms with Gasteiger partial charge in [-0.25, -0.2) is 14.7 Å². The first-order chi connectivity index (χ1) is 12.1. The average Bonchev–Trinajstić information content (AvgIpc) is 3.09. The lowest BCUT2D eigenvalue weighted by atomic mass is 9.87. The van der Waals surface area contributed by atoms with Gasteiger partial charge in [0.15, 0.2) is 0 Å². The number of nitrogens with two attached hydrogens (primary N) is 2. The second-order valence-corrected chi connectivity index (χ2v) is 6.73. The third-order valence-corrected chi connectivity index (χ3v) is 4.93. The van der Waals surface area contributed by atoms with Gasteiger partial charge >= 0.3 is 0 Å². The van der Waals surface area contributed by atoms with E-state index in [0.29, 0.717) is 11.0 Å². The number of nitrogens with zero attached hydrogens (tertiary/aromatic N) is 6. The smallest absolute Gasteiger partial charge is 0.220 e. The molecular formula is C16H19ClN8. The number of benzene rings is 1. The molecule has 0 radical (unpaired) electrons. The summed E-state index contributed by atoms with van der Waals surface area (Å²) in [6, 6.07) is 5.55. The molecule has 1 aromatic heterocycles. The van der Waals surface area contributed by atoms with E-state index in [2.05, 4.69) is 15.1 Å². The van der Waals surface area contributed by atoms with Crippen LogP contribution in [-0.4, -0.2) is 32.3 Å². The molecule has 0 amide bonds. The van der Waals surface area contributed by atoms with Crippen LogP contribution >= 0.6 is 11.6 Å². The van der Waals surface area contributed by atoms with Crippen molar-refractivity contribution in [1.29, 1.82) is 0 Å². The highest BCUT2D eigenvalue weighted by atomic mass is 35.5. The molecule has 0 bridgehead atoms. The Bertz CT molecular complexity index is 836. The van der Waals surface area contributed by atoms with E-state index in [1.54, 1.807) is 11.0 Å². The largest absolute Gasteiger partial charge is 0.369 e. The van der Waals surface area contributed by atoms with Crippen LogP contribution in [0.4, 0.5) is 5.69 Å². The highest BCUT2D eigenvalue weighted by Gasteiger charge is 2.43. The number of hydrogen-bond donors (Lipinski definition) is 2. The first-order valence-electron chi connectivity index (χ1n) is 8.23. The Balaban J connectivity index is 1.90. The van der Waals surface area contributed by atoms with Crippen molar-refractivity contribution < 1.29 is 0 Å². The van der Waals surface area contributed by atoms with E-state index >= 15 is 0 Å². The van der Waals surface area contributed by atoms with E-state index in [1.807, 2.05) is 23.1 Å². The molecule has 1 fully saturated rings. The van der Waals surface area contributed by atoms with Gasteiger partial charge in [0.25, 0.3) is 0 Å². The zero-order valence-corrected chi connectivity index (χ0v) is 14.4. The minimum atomic E-state index is -0.534. The van der Waals surface area contributed by atoms with Crippen LogP contribution < -0.4 is 16.4 Å². The van der Waals surface area contributed by atoms with Crippen LogP contribution in [0, 0.1) is 0 Å². The fourth-order valence-corrected chi connectivity index (χ4v) is 3.84. The van der Waals surface area contributed by atoms with Gasteiger partial charge in [0.05, 0.1) is 11.4 Å². The van der Waals surface area contributed by atoms with E-state index in [-0.39, 0.29) is 5.96 Å². The molecular weight excluding hydrogens is 340 g/mol. The summed E-state index contributed by atoms with van der Waals surface area (Å²) in [5.74, 6) is 0.540. The summed E-state index contributed by atoms with van der Waals surface area (Å²) in [5.41, 5.74) is 13.3. The van der Waals surface area contributed by atoms with E-state index in [4.69, 9.17) is 28.1 Å². The van der Waals surface area contributed by atoms with Crippen molar-refractivity contribution in [3.63, 3.8) is 0 Å². The first kappa shape index (κ1) is 15.9. The topological polar surface area (TPSA) is 111 Å². The monoisotopic (exact) mass is 358 g/mol. The first-order valence-corrected chi connectivity index (χ1v) is 8.61. The molecule has 1 aliphatic heterocycles. The number of guanidine groups is 2. The van der Waals surface area contributed by atoms with E-state index < -0.39 is 5.66 Å². The molecule has 2 aromatic rings. The van der Waals surface area contributed by atoms with E-state index in [9.17, 15) is 0 Å². The van der Waals surface area contributed by atoms with Crippen molar-refractivity contribution in [1.82, 2.24) is 14.8 Å². The number of aromatic nitrogens is 3. The van der Waals surface area contributed by atoms with Crippen LogP contribution in [0.25, 0.3) is 5.69 Å². The van der Waals surface area contributed by atoms with Crippen LogP contribution in [0.5, 0.6) is 0 Å². The van der Waals surface area contributed by atoms with E-state index in [0.717, 1.165) is 37.1 Å². The predicted molar refractivity (Wildman–Crippen MR) is 97.9 cm³/mol. The van der Waals surface area contributed by atoms with Crippen LogP contribution in [0.2, 0.25) is 5.02 Å². The average molecular weight is 359 g/mol. The number of halogens is 1. The molecule has 9 heteroatoms. The van der Waals surface area contributed by atoms with Gasteiger partial charge in [-0.2, -0.15) is 10.1 Å². The molecule has 1 aromatic carbocycles. The Morgan fingerprint density at radius 1 is 1.08 bits per heavy atom. The van der Waals surface area contributed by atoms with Gasteiger partial charge in [0.1, 0.15) is 18.3 Å². The Labute approximate surface area is 150 Å². The summed E-state index contributed by atoms with van der Waals surface area (Å²) in [6.45, 7) is 0. The predicted octanol–water partition coefficient (Wildman–Crippen LogP) is 2.03. The molecule has 4 rings (SSSR count). The zero-order valence-electron chi connectivity index (χ0n) is 13.6. The Hall–Kier alpha value is -2.61. The molecule has 2 heterocycles. The number of aliphatic imine (C=N–C) groups is 2. The lowest BCUT2D eigenvalue weighted by molar-refractivity contribution is 0.305. The molecule has 130 valence electrons. The SMILES string of the molecule is NC1=NC2(CCCCC2)N(c2cc(Cl)ccc2-n2cncn2)C(N)=N1. The molecule has 2 aliphatic rings. The maximum Gasteiger partial charge on any atom is 0.220 e. The van der Waals surface area contributed by atoms with Crippen molar-refractivity contribution >= 4 is 29.2 Å². The van der Waals surface area contributed by atoms with Crippen molar-refractivity contribution in [2.75, 3.05) is 4.90 Å². The second-order valence-electron chi connectivity index (χ2n) is 6.29. The van der Waals surface area contributed by atoms with Gasteiger partial charge < -0.3 is 11.5 Å². The van der Waals surface area contributed by atoms with Gasteiger partial charge in [-0.3, -0.25) is 4.90 Å². The normalized spacial score (nSPS) is 19.6. The molecule has 0 atom stereocenters. The van der Waals surface area contributed by atoms with Gasteiger partial charge in [0.2, 0.25) is 11.9 Å². The quantitative estimate of drug-likeness (QED) is 0.853. The molecule has 1 saturated carbocycles. The Kier molecular flexibility index (Phi) is 3.84. The fraction of sp³-hybridized carbons (Fsp3) is 0.375. The minimum absolute atomic E-state index is 0.222. The standard InChI is InChI=1S/C16H19ClN8/c17-11-4-5-12(24-10-20-9-21-24)13(8-11)25-15(19)22-14(18)23-16(25)6-2-1-3-7-16/h4-5,8-10H,1-3,6-7H2,(H4,18,19,22,23). The minimum Gasteiger partial charge on any atom is -0.369 e. The molecule has 1 spiro atoms. The van der Waals surface area contributed by atoms with E-state index in [1.165, 1.54) is 12.7 Å². The molecule has 0 saturated heterocycles. The molecule has 0 unspecified atom stereocenters. The summed E-state index contributed by atoms with van der Waals surface area (Å²) in [7, 11) is 0. The van der Waals surface area contributed by atoms with Crippen molar-refractivity contribution in [2.45, 2.75) is 37.8 Å². The number of anilines is 1. The number of rotatable bonds is 2. The van der Waals surface area contributed by atoms with Crippen LogP contribution in [0.15, 0.2) is 40.8 Å². The summed E-state index contributed by atoms with van der Waals surface area (Å²) in [5, 5.41) is 4.84. The molecule has 4 N–H and O–H groups in total. The van der Waals surface area contributed by atoms with Gasteiger partial charge in [0, 0.05) is 5.02 Å². The third-order valence-electron chi connectivity index (χ3n) is 4.70. The number of hydrogen-bond acceptors (Lipinski definition) is 7. The van der Waals surface area contributed by atoms with Crippen molar-refractivity contribution in [3.05, 3.63) is 35.9 Å². The fourth-order valence-electron chi connectivity index (χ4n) is 3.67. The second kappa shape index (κ2) is 6.03. The highest BCUT2D eigenvalue weighted by molar-refractivity contribution is 6.31. The lowest BCUT2D eigenvalue weighted by Crippen LogP contribution is -2.58. The lowest BCUT2D eigenvalue weighted by Gasteiger charge is -2.46. The molecule has 25 heavy (non-hydrogen) atoms. The molecule has 8 nitrogen and oxygen atoms in total. The third kappa shape index (κ3) is 2.72. The maximum absolute atomic E-state index is 6.31. The van der Waals surface area contributed by atoms with Gasteiger partial charge in [-0.1, -0.05) is 18.0 Å². The van der Waals surface area contributed by atoms with Crippen molar-refractivity contribution in [2.24, 2.45) is 21.5 Å². The van der Waals surface area contributed by atoms with Crippen LogP contribution in [0.3, 0.4) is 0 Å². The van der Waals surface area contributed by atoms with Crippen LogP contribution in [0.1, 0.15) is 32.1 Å². The van der Waals surface area contributed by atoms with Gasteiger partial charge in [-0.05, 0) is 43.9 Å². The maximum atomic E-state index is 6.31.